The van der Waals surface area contributed by atoms with E-state index >= 15 is 0 Å². The van der Waals surface area contributed by atoms with Gasteiger partial charge in [-0.3, -0.25) is 0 Å². The third-order valence-corrected chi connectivity index (χ3v) is 5.77. The molecular formula is C27H30N2. The Morgan fingerprint density at radius 1 is 0.690 bits per heavy atom. The van der Waals surface area contributed by atoms with Gasteiger partial charge in [0.05, 0.1) is 0 Å². The smallest absolute Gasteiger partial charge is 0.0495 e. The van der Waals surface area contributed by atoms with Crippen LogP contribution in [-0.4, -0.2) is 31.1 Å². The average molecular weight is 383 g/mol. The summed E-state index contributed by atoms with van der Waals surface area (Å²) in [5.74, 6) is 0. The Kier molecular flexibility index (Phi) is 5.29. The molecule has 29 heavy (non-hydrogen) atoms. The molecule has 2 heteroatoms. The maximum atomic E-state index is 2.53. The van der Waals surface area contributed by atoms with E-state index in [-0.39, 0.29) is 5.54 Å². The van der Waals surface area contributed by atoms with Gasteiger partial charge in [0.15, 0.2) is 0 Å². The van der Waals surface area contributed by atoms with Crippen LogP contribution in [0.1, 0.15) is 20.3 Å². The fraction of sp³-hybridized carbons (Fsp3) is 0.259. The minimum absolute atomic E-state index is 0.0448. The van der Waals surface area contributed by atoms with Crippen molar-refractivity contribution in [1.82, 2.24) is 4.90 Å². The normalized spacial score (nSPS) is 12.0. The summed E-state index contributed by atoms with van der Waals surface area (Å²) in [5.41, 5.74) is 2.46. The van der Waals surface area contributed by atoms with Crippen LogP contribution in [0.5, 0.6) is 0 Å². The van der Waals surface area contributed by atoms with Crippen LogP contribution in [0, 0.1) is 0 Å². The van der Waals surface area contributed by atoms with Gasteiger partial charge in [-0.05, 0) is 75.3 Å². The predicted octanol–water partition coefficient (Wildman–Crippen LogP) is 6.86. The zero-order valence-electron chi connectivity index (χ0n) is 17.9. The molecule has 0 amide bonds. The first kappa shape index (κ1) is 19.5. The molecule has 0 aliphatic rings. The highest BCUT2D eigenvalue weighted by atomic mass is 15.2. The summed E-state index contributed by atoms with van der Waals surface area (Å²) < 4.78 is 0. The highest BCUT2D eigenvalue weighted by molar-refractivity contribution is 5.97. The third-order valence-electron chi connectivity index (χ3n) is 5.77. The molecule has 0 saturated carbocycles. The molecule has 0 fully saturated rings. The summed E-state index contributed by atoms with van der Waals surface area (Å²) in [5, 5.41) is 5.12. The van der Waals surface area contributed by atoms with E-state index in [1.165, 1.54) is 32.9 Å². The maximum absolute atomic E-state index is 2.53. The summed E-state index contributed by atoms with van der Waals surface area (Å²) in [4.78, 5) is 4.80. The molecule has 0 spiro atoms. The van der Waals surface area contributed by atoms with Crippen molar-refractivity contribution < 1.29 is 0 Å². The quantitative estimate of drug-likeness (QED) is 0.359. The fourth-order valence-electron chi connectivity index (χ4n) is 4.14. The fourth-order valence-corrected chi connectivity index (χ4v) is 4.14. The van der Waals surface area contributed by atoms with E-state index in [4.69, 9.17) is 0 Å². The molecule has 0 aromatic heterocycles. The van der Waals surface area contributed by atoms with Crippen molar-refractivity contribution in [2.75, 3.05) is 25.5 Å². The standard InChI is InChI=1S/C27H30N2/c1-27(2,18-19-28(3)4)29(24-17-16-21-10-5-6-12-23(21)20-24)26-15-9-13-22-11-7-8-14-25(22)26/h5-17,20H,18-19H2,1-4H3. The number of rotatable bonds is 6. The Bertz CT molecular complexity index is 1120. The van der Waals surface area contributed by atoms with Crippen molar-refractivity contribution in [2.24, 2.45) is 0 Å². The van der Waals surface area contributed by atoms with Crippen LogP contribution in [0.15, 0.2) is 84.9 Å². The SMILES string of the molecule is CN(C)CCC(C)(C)N(c1ccc2ccccc2c1)c1cccc2ccccc12. The second-order valence-electron chi connectivity index (χ2n) is 8.73. The van der Waals surface area contributed by atoms with Crippen LogP contribution in [0.2, 0.25) is 0 Å². The number of hydrogen-bond acceptors (Lipinski definition) is 2. The van der Waals surface area contributed by atoms with Crippen molar-refractivity contribution in [2.45, 2.75) is 25.8 Å². The highest BCUT2D eigenvalue weighted by Gasteiger charge is 2.29. The average Bonchev–Trinajstić information content (AvgIpc) is 2.72. The largest absolute Gasteiger partial charge is 0.335 e. The van der Waals surface area contributed by atoms with Crippen LogP contribution in [0.3, 0.4) is 0 Å². The molecule has 0 aliphatic heterocycles. The van der Waals surface area contributed by atoms with Gasteiger partial charge >= 0.3 is 0 Å². The second kappa shape index (κ2) is 7.88. The van der Waals surface area contributed by atoms with Gasteiger partial charge in [-0.25, -0.2) is 0 Å². The van der Waals surface area contributed by atoms with E-state index in [9.17, 15) is 0 Å². The predicted molar refractivity (Wildman–Crippen MR) is 127 cm³/mol. The van der Waals surface area contributed by atoms with Gasteiger partial charge in [-0.1, -0.05) is 66.7 Å². The lowest BCUT2D eigenvalue weighted by Crippen LogP contribution is -2.43. The Balaban J connectivity index is 1.91. The molecule has 4 rings (SSSR count). The summed E-state index contributed by atoms with van der Waals surface area (Å²) in [6.07, 6.45) is 1.07. The Morgan fingerprint density at radius 2 is 1.34 bits per heavy atom. The van der Waals surface area contributed by atoms with Crippen LogP contribution in [0.4, 0.5) is 11.4 Å². The first-order chi connectivity index (χ1) is 14.0. The van der Waals surface area contributed by atoms with E-state index in [1.807, 2.05) is 0 Å². The zero-order valence-corrected chi connectivity index (χ0v) is 17.9. The van der Waals surface area contributed by atoms with E-state index in [0.29, 0.717) is 0 Å². The molecule has 148 valence electrons. The molecular weight excluding hydrogens is 352 g/mol. The van der Waals surface area contributed by atoms with Gasteiger partial charge in [-0.15, -0.1) is 0 Å². The molecule has 4 aromatic rings. The van der Waals surface area contributed by atoms with Crippen molar-refractivity contribution in [3.05, 3.63) is 84.9 Å². The first-order valence-corrected chi connectivity index (χ1v) is 10.4. The molecule has 0 bridgehead atoms. The van der Waals surface area contributed by atoms with Gasteiger partial charge < -0.3 is 9.80 Å². The lowest BCUT2D eigenvalue weighted by atomic mass is 9.93. The maximum Gasteiger partial charge on any atom is 0.0495 e. The van der Waals surface area contributed by atoms with E-state index in [0.717, 1.165) is 13.0 Å². The van der Waals surface area contributed by atoms with Gasteiger partial charge in [0.2, 0.25) is 0 Å². The zero-order chi connectivity index (χ0) is 20.4. The number of hydrogen-bond donors (Lipinski definition) is 0. The number of fused-ring (bicyclic) bond motifs is 2. The van der Waals surface area contributed by atoms with Crippen molar-refractivity contribution >= 4 is 32.9 Å². The second-order valence-corrected chi connectivity index (χ2v) is 8.73. The number of benzene rings is 4. The lowest BCUT2D eigenvalue weighted by Gasteiger charge is -2.42. The van der Waals surface area contributed by atoms with Gasteiger partial charge in [0, 0.05) is 22.3 Å². The first-order valence-electron chi connectivity index (χ1n) is 10.4. The number of nitrogens with zero attached hydrogens (tertiary/aromatic N) is 2. The monoisotopic (exact) mass is 382 g/mol. The molecule has 0 heterocycles. The Morgan fingerprint density at radius 3 is 2.10 bits per heavy atom. The van der Waals surface area contributed by atoms with Gasteiger partial charge in [0.1, 0.15) is 0 Å². The lowest BCUT2D eigenvalue weighted by molar-refractivity contribution is 0.341. The van der Waals surface area contributed by atoms with Crippen molar-refractivity contribution in [3.63, 3.8) is 0 Å². The minimum atomic E-state index is -0.0448. The van der Waals surface area contributed by atoms with Crippen molar-refractivity contribution in [3.8, 4) is 0 Å². The summed E-state index contributed by atoms with van der Waals surface area (Å²) in [7, 11) is 4.29. The highest BCUT2D eigenvalue weighted by Crippen LogP contribution is 2.40. The summed E-state index contributed by atoms with van der Waals surface area (Å²) in [6, 6.07) is 30.8. The molecule has 0 radical (unpaired) electrons. The minimum Gasteiger partial charge on any atom is -0.335 e. The summed E-state index contributed by atoms with van der Waals surface area (Å²) in [6.45, 7) is 5.75. The molecule has 0 N–H and O–H groups in total. The van der Waals surface area contributed by atoms with Gasteiger partial charge in [0.25, 0.3) is 0 Å². The van der Waals surface area contributed by atoms with E-state index in [2.05, 4.69) is 123 Å². The molecule has 0 saturated heterocycles. The van der Waals surface area contributed by atoms with Crippen molar-refractivity contribution in [1.29, 1.82) is 0 Å². The molecule has 0 atom stereocenters. The molecule has 4 aromatic carbocycles. The third kappa shape index (κ3) is 3.99. The van der Waals surface area contributed by atoms with Crippen LogP contribution in [0.25, 0.3) is 21.5 Å². The Hall–Kier alpha value is -2.84. The van der Waals surface area contributed by atoms with Crippen LogP contribution < -0.4 is 4.90 Å². The molecule has 0 unspecified atom stereocenters. The molecule has 2 nitrogen and oxygen atoms in total. The topological polar surface area (TPSA) is 6.48 Å². The van der Waals surface area contributed by atoms with E-state index < -0.39 is 0 Å². The Labute approximate surface area is 174 Å². The van der Waals surface area contributed by atoms with Crippen LogP contribution >= 0.6 is 0 Å². The van der Waals surface area contributed by atoms with Gasteiger partial charge in [-0.2, -0.15) is 0 Å². The van der Waals surface area contributed by atoms with E-state index in [1.54, 1.807) is 0 Å². The van der Waals surface area contributed by atoms with Crippen LogP contribution in [-0.2, 0) is 0 Å². The number of anilines is 2. The molecule has 0 aliphatic carbocycles. The summed E-state index contributed by atoms with van der Waals surface area (Å²) >= 11 is 0.